The van der Waals surface area contributed by atoms with E-state index in [1.807, 2.05) is 11.8 Å². The van der Waals surface area contributed by atoms with Gasteiger partial charge in [-0.3, -0.25) is 0 Å². The van der Waals surface area contributed by atoms with Crippen LogP contribution in [-0.4, -0.2) is 13.7 Å². The van der Waals surface area contributed by atoms with Crippen LogP contribution in [0, 0.1) is 0 Å². The molecule has 0 atom stereocenters. The van der Waals surface area contributed by atoms with Crippen LogP contribution in [-0.2, 0) is 0 Å². The average molecular weight is 1180 g/mol. The van der Waals surface area contributed by atoms with Crippen molar-refractivity contribution in [3.05, 3.63) is 340 Å². The Labute approximate surface area is 536 Å². The normalized spacial score (nSPS) is 12.7. The molecule has 0 bridgehead atoms. The van der Waals surface area contributed by atoms with Crippen molar-refractivity contribution in [3.8, 4) is 66.8 Å². The number of anilines is 10. The summed E-state index contributed by atoms with van der Waals surface area (Å²) in [5, 5.41) is 0. The summed E-state index contributed by atoms with van der Waals surface area (Å²) >= 11 is 1.91. The second-order valence-corrected chi connectivity index (χ2v) is 25.0. The lowest BCUT2D eigenvalue weighted by atomic mass is 9.32. The van der Waals surface area contributed by atoms with E-state index in [1.54, 1.807) is 0 Å². The van der Waals surface area contributed by atoms with Crippen molar-refractivity contribution in [2.75, 3.05) is 19.4 Å². The summed E-state index contributed by atoms with van der Waals surface area (Å²) in [5.41, 5.74) is 30.9. The summed E-state index contributed by atoms with van der Waals surface area (Å²) in [4.78, 5) is 10.0. The SMILES string of the molecule is c1ccc(-c2ccc(N(c3ccc(-c4ccccc4)cc3)c3cc4c5c(c3)-c3cccc6c3N(B5c3ccccc3S4)B3c4ccccc4N(c4ccccc4)c4cc(N(c5ccc(-c7ccccc7)cc5)c5ccc(-c7ccccc7)cc5)cc-6c43)cc2)cc1. The van der Waals surface area contributed by atoms with Gasteiger partial charge in [0.2, 0.25) is 0 Å². The van der Waals surface area contributed by atoms with Gasteiger partial charge in [-0.2, -0.15) is 0 Å². The Morgan fingerprint density at radius 3 is 1.10 bits per heavy atom. The third-order valence-corrected chi connectivity index (χ3v) is 20.0. The Bertz CT molecular complexity index is 4910. The zero-order chi connectivity index (χ0) is 59.9. The van der Waals surface area contributed by atoms with Gasteiger partial charge in [-0.25, -0.2) is 0 Å². The number of para-hydroxylation sites is 3. The highest BCUT2D eigenvalue weighted by molar-refractivity contribution is 8.00. The number of nitrogens with zero attached hydrogens (tertiary/aromatic N) is 4. The molecule has 4 aliphatic heterocycles. The van der Waals surface area contributed by atoms with Crippen molar-refractivity contribution in [1.82, 2.24) is 0 Å². The van der Waals surface area contributed by atoms with E-state index in [0.29, 0.717) is 0 Å². The second kappa shape index (κ2) is 21.8. The molecule has 91 heavy (non-hydrogen) atoms. The minimum atomic E-state index is -0.155. The van der Waals surface area contributed by atoms with Crippen molar-refractivity contribution < 1.29 is 0 Å². The Balaban J connectivity index is 0.879. The van der Waals surface area contributed by atoms with E-state index in [1.165, 1.54) is 110 Å². The second-order valence-electron chi connectivity index (χ2n) is 23.9. The smallest absolute Gasteiger partial charge is 0.316 e. The third kappa shape index (κ3) is 8.87. The van der Waals surface area contributed by atoms with Crippen molar-refractivity contribution in [2.45, 2.75) is 9.79 Å². The molecule has 18 rings (SSSR count). The van der Waals surface area contributed by atoms with Crippen molar-refractivity contribution in [3.63, 3.8) is 0 Å². The first kappa shape index (κ1) is 52.8. The summed E-state index contributed by atoms with van der Waals surface area (Å²) < 4.78 is 2.84. The van der Waals surface area contributed by atoms with E-state index >= 15 is 0 Å². The van der Waals surface area contributed by atoms with Gasteiger partial charge in [0.05, 0.1) is 0 Å². The van der Waals surface area contributed by atoms with Gasteiger partial charge in [0.15, 0.2) is 0 Å². The van der Waals surface area contributed by atoms with Crippen LogP contribution in [0.2, 0.25) is 0 Å². The van der Waals surface area contributed by atoms with Crippen molar-refractivity contribution in [2.24, 2.45) is 0 Å². The van der Waals surface area contributed by atoms with Gasteiger partial charge in [0, 0.05) is 77.8 Å². The van der Waals surface area contributed by atoms with Gasteiger partial charge in [-0.05, 0) is 175 Å². The van der Waals surface area contributed by atoms with Crippen molar-refractivity contribution in [1.29, 1.82) is 0 Å². The van der Waals surface area contributed by atoms with Crippen LogP contribution in [0.25, 0.3) is 66.8 Å². The molecule has 0 spiro atoms. The number of rotatable bonds is 11. The molecule has 0 saturated carbocycles. The summed E-state index contributed by atoms with van der Waals surface area (Å²) in [5.74, 6) is 0. The van der Waals surface area contributed by atoms with Crippen LogP contribution in [0.15, 0.2) is 350 Å². The quantitative estimate of drug-likeness (QED) is 0.119. The molecule has 0 aromatic heterocycles. The first-order chi connectivity index (χ1) is 45.1. The lowest BCUT2D eigenvalue weighted by Gasteiger charge is -2.52. The van der Waals surface area contributed by atoms with Gasteiger partial charge in [-0.15, -0.1) is 0 Å². The predicted molar refractivity (Wildman–Crippen MR) is 386 cm³/mol. The molecule has 4 heterocycles. The Morgan fingerprint density at radius 2 is 0.626 bits per heavy atom. The molecule has 14 aromatic rings. The highest BCUT2D eigenvalue weighted by Crippen LogP contribution is 2.54. The molecule has 0 amide bonds. The molecule has 0 unspecified atom stereocenters. The maximum absolute atomic E-state index is 2.84. The van der Waals surface area contributed by atoms with E-state index in [9.17, 15) is 0 Å². The molecule has 7 heteroatoms. The summed E-state index contributed by atoms with van der Waals surface area (Å²) in [7, 11) is 0. The zero-order valence-electron chi connectivity index (χ0n) is 49.7. The number of hydrogen-bond acceptors (Lipinski definition) is 5. The number of fused-ring (bicyclic) bond motifs is 8. The fourth-order valence-corrected chi connectivity index (χ4v) is 16.0. The van der Waals surface area contributed by atoms with Crippen LogP contribution >= 0.6 is 11.8 Å². The van der Waals surface area contributed by atoms with Gasteiger partial charge >= 0.3 is 13.7 Å². The lowest BCUT2D eigenvalue weighted by molar-refractivity contribution is 1.24. The van der Waals surface area contributed by atoms with Crippen LogP contribution in [0.4, 0.5) is 56.9 Å². The van der Waals surface area contributed by atoms with Crippen LogP contribution in [0.5, 0.6) is 0 Å². The van der Waals surface area contributed by atoms with Gasteiger partial charge in [0.1, 0.15) is 0 Å². The predicted octanol–water partition coefficient (Wildman–Crippen LogP) is 19.9. The van der Waals surface area contributed by atoms with Gasteiger partial charge < -0.3 is 19.4 Å². The summed E-state index contributed by atoms with van der Waals surface area (Å²) in [6.07, 6.45) is 0. The molecule has 0 radical (unpaired) electrons. The molecule has 0 saturated heterocycles. The first-order valence-corrected chi connectivity index (χ1v) is 32.2. The molecule has 14 aromatic carbocycles. The highest BCUT2D eigenvalue weighted by atomic mass is 32.2. The van der Waals surface area contributed by atoms with Crippen LogP contribution < -0.4 is 41.3 Å². The fraction of sp³-hybridized carbons (Fsp3) is 0. The van der Waals surface area contributed by atoms with Crippen LogP contribution in [0.1, 0.15) is 0 Å². The monoisotopic (exact) mass is 1170 g/mol. The van der Waals surface area contributed by atoms with Gasteiger partial charge in [-0.1, -0.05) is 254 Å². The summed E-state index contributed by atoms with van der Waals surface area (Å²) in [6, 6.07) is 126. The standard InChI is InChI=1S/C84H56B2N4S/c1-6-21-57(22-7-1)61-37-45-66(46-38-61)87(67-47-39-62(40-48-67)58-23-8-2-9-24-58)70-53-74-72-31-20-32-73-75-54-71(88(68-49-41-63(42-50-68)59-25-10-3-11-26-59)69-51-43-64(44-52-69)60-27-12-4-13-28-60)56-81-83(75)86(77-34-17-19-36-80(77)91-81)90(84(72)73)85-76-33-16-18-35-78(76)89(79(55-70)82(74)85)65-29-14-5-15-30-65/h1-56H. The molecular formula is C84H56B2N4S. The molecule has 0 aliphatic carbocycles. The molecule has 4 nitrogen and oxygen atoms in total. The van der Waals surface area contributed by atoms with E-state index in [-0.39, 0.29) is 13.7 Å². The molecular weight excluding hydrogens is 1120 g/mol. The van der Waals surface area contributed by atoms with E-state index < -0.39 is 0 Å². The van der Waals surface area contributed by atoms with Gasteiger partial charge in [0.25, 0.3) is 0 Å². The third-order valence-electron chi connectivity index (χ3n) is 18.9. The highest BCUT2D eigenvalue weighted by Gasteiger charge is 2.53. The fourth-order valence-electron chi connectivity index (χ4n) is 14.8. The topological polar surface area (TPSA) is 13.0 Å². The van der Waals surface area contributed by atoms with E-state index in [4.69, 9.17) is 0 Å². The molecule has 424 valence electrons. The number of hydrogen-bond donors (Lipinski definition) is 0. The average Bonchev–Trinajstić information content (AvgIpc) is 0.688. The van der Waals surface area contributed by atoms with Crippen molar-refractivity contribution >= 4 is 104 Å². The summed E-state index contributed by atoms with van der Waals surface area (Å²) in [6.45, 7) is -0.268. The zero-order valence-corrected chi connectivity index (χ0v) is 50.5. The number of benzene rings is 14. The molecule has 0 fully saturated rings. The molecule has 0 N–H and O–H groups in total. The van der Waals surface area contributed by atoms with Crippen LogP contribution in [0.3, 0.4) is 0 Å². The minimum Gasteiger partial charge on any atom is -0.444 e. The Kier molecular flexibility index (Phi) is 12.7. The Hall–Kier alpha value is -11.2. The largest absolute Gasteiger partial charge is 0.444 e. The molecule has 4 aliphatic rings. The van der Waals surface area contributed by atoms with E-state index in [2.05, 4.69) is 359 Å². The first-order valence-electron chi connectivity index (χ1n) is 31.4. The lowest BCUT2D eigenvalue weighted by Crippen LogP contribution is -2.74. The maximum atomic E-state index is 2.84. The van der Waals surface area contributed by atoms with E-state index in [0.717, 1.165) is 45.5 Å². The minimum absolute atomic E-state index is 0.112. The maximum Gasteiger partial charge on any atom is 0.316 e. The Morgan fingerprint density at radius 1 is 0.253 bits per heavy atom.